The molecule has 8 heteroatoms. The predicted molar refractivity (Wildman–Crippen MR) is 67.7 cm³/mol. The number of benzene rings is 1. The summed E-state index contributed by atoms with van der Waals surface area (Å²) in [6.45, 7) is 0.504. The number of nitrogens with zero attached hydrogens (tertiary/aromatic N) is 2. The Morgan fingerprint density at radius 2 is 1.95 bits per heavy atom. The highest BCUT2D eigenvalue weighted by Gasteiger charge is 2.34. The van der Waals surface area contributed by atoms with E-state index >= 15 is 0 Å². The summed E-state index contributed by atoms with van der Waals surface area (Å²) in [7, 11) is 0. The first-order valence-corrected chi connectivity index (χ1v) is 6.63. The average Bonchev–Trinajstić information content (AvgIpc) is 2.84. The lowest BCUT2D eigenvalue weighted by Gasteiger charge is -2.08. The maximum absolute atomic E-state index is 13.2. The smallest absolute Gasteiger partial charge is 0.330 e. The molecule has 0 atom stereocenters. The van der Waals surface area contributed by atoms with Crippen LogP contribution in [0.3, 0.4) is 0 Å². The molecular formula is C12H11F4N3S. The van der Waals surface area contributed by atoms with Gasteiger partial charge in [-0.25, -0.2) is 4.39 Å². The van der Waals surface area contributed by atoms with E-state index < -0.39 is 17.6 Å². The van der Waals surface area contributed by atoms with E-state index in [0.717, 1.165) is 18.6 Å². The van der Waals surface area contributed by atoms with Crippen LogP contribution in [0.4, 0.5) is 17.6 Å². The molecule has 0 aliphatic heterocycles. The van der Waals surface area contributed by atoms with Gasteiger partial charge < -0.3 is 5.73 Å². The molecule has 0 fully saturated rings. The Balaban J connectivity index is 2.31. The van der Waals surface area contributed by atoms with Crippen molar-refractivity contribution in [3.8, 4) is 10.6 Å². The number of alkyl halides is 3. The van der Waals surface area contributed by atoms with Crippen LogP contribution in [-0.2, 0) is 12.6 Å². The van der Waals surface area contributed by atoms with Crippen molar-refractivity contribution in [1.29, 1.82) is 0 Å². The highest BCUT2D eigenvalue weighted by Crippen LogP contribution is 2.34. The largest absolute Gasteiger partial charge is 0.419 e. The molecule has 0 saturated carbocycles. The molecule has 108 valence electrons. The molecule has 0 aliphatic rings. The normalized spacial score (nSPS) is 11.8. The van der Waals surface area contributed by atoms with Gasteiger partial charge in [-0.05, 0) is 31.2 Å². The van der Waals surface area contributed by atoms with Gasteiger partial charge in [0.15, 0.2) is 0 Å². The van der Waals surface area contributed by atoms with Crippen molar-refractivity contribution < 1.29 is 17.6 Å². The second-order valence-corrected chi connectivity index (χ2v) is 5.15. The van der Waals surface area contributed by atoms with Crippen LogP contribution in [-0.4, -0.2) is 16.7 Å². The molecule has 0 aliphatic carbocycles. The number of aromatic nitrogens is 2. The molecule has 0 spiro atoms. The zero-order valence-corrected chi connectivity index (χ0v) is 11.1. The number of halogens is 4. The highest BCUT2D eigenvalue weighted by atomic mass is 32.1. The van der Waals surface area contributed by atoms with Gasteiger partial charge in [0.1, 0.15) is 15.8 Å². The first kappa shape index (κ1) is 14.9. The Morgan fingerprint density at radius 3 is 2.60 bits per heavy atom. The predicted octanol–water partition coefficient (Wildman–Crippen LogP) is 3.25. The van der Waals surface area contributed by atoms with Crippen molar-refractivity contribution in [3.05, 3.63) is 34.6 Å². The first-order valence-electron chi connectivity index (χ1n) is 5.81. The molecule has 1 aromatic heterocycles. The first-order chi connectivity index (χ1) is 9.41. The van der Waals surface area contributed by atoms with Gasteiger partial charge in [0.25, 0.3) is 0 Å². The summed E-state index contributed by atoms with van der Waals surface area (Å²) in [6.07, 6.45) is -3.37. The average molecular weight is 305 g/mol. The maximum atomic E-state index is 13.2. The van der Waals surface area contributed by atoms with Gasteiger partial charge in [-0.2, -0.15) is 13.2 Å². The fourth-order valence-corrected chi connectivity index (χ4v) is 2.48. The summed E-state index contributed by atoms with van der Waals surface area (Å²) in [6, 6.07) is 2.81. The van der Waals surface area contributed by atoms with Gasteiger partial charge in [-0.15, -0.1) is 10.2 Å². The van der Waals surface area contributed by atoms with Gasteiger partial charge >= 0.3 is 6.18 Å². The number of aryl methyl sites for hydroxylation is 1. The maximum Gasteiger partial charge on any atom is 0.419 e. The lowest BCUT2D eigenvalue weighted by atomic mass is 10.1. The zero-order valence-electron chi connectivity index (χ0n) is 10.2. The van der Waals surface area contributed by atoms with Crippen molar-refractivity contribution >= 4 is 11.3 Å². The van der Waals surface area contributed by atoms with E-state index in [1.165, 1.54) is 17.4 Å². The van der Waals surface area contributed by atoms with E-state index in [1.54, 1.807) is 0 Å². The van der Waals surface area contributed by atoms with Crippen molar-refractivity contribution in [2.45, 2.75) is 19.0 Å². The minimum absolute atomic E-state index is 0.204. The number of rotatable bonds is 4. The monoisotopic (exact) mass is 305 g/mol. The summed E-state index contributed by atoms with van der Waals surface area (Å²) in [5, 5.41) is 8.75. The molecule has 0 unspecified atom stereocenters. The van der Waals surface area contributed by atoms with E-state index in [1.807, 2.05) is 0 Å². The van der Waals surface area contributed by atoms with E-state index in [2.05, 4.69) is 10.2 Å². The molecular weight excluding hydrogens is 294 g/mol. The van der Waals surface area contributed by atoms with Crippen LogP contribution in [0.2, 0.25) is 0 Å². The van der Waals surface area contributed by atoms with Crippen molar-refractivity contribution in [1.82, 2.24) is 10.2 Å². The number of hydrogen-bond donors (Lipinski definition) is 1. The fraction of sp³-hybridized carbons (Fsp3) is 0.333. The lowest BCUT2D eigenvalue weighted by molar-refractivity contribution is -0.139. The quantitative estimate of drug-likeness (QED) is 0.882. The third-order valence-electron chi connectivity index (χ3n) is 2.58. The molecule has 0 radical (unpaired) electrons. The second kappa shape index (κ2) is 5.84. The topological polar surface area (TPSA) is 51.8 Å². The van der Waals surface area contributed by atoms with Crippen molar-refractivity contribution in [3.63, 3.8) is 0 Å². The summed E-state index contributed by atoms with van der Waals surface area (Å²) in [5.41, 5.74) is 4.27. The molecule has 2 rings (SSSR count). The Hall–Kier alpha value is -1.54. The number of hydrogen-bond acceptors (Lipinski definition) is 4. The molecule has 20 heavy (non-hydrogen) atoms. The molecule has 0 bridgehead atoms. The van der Waals surface area contributed by atoms with Crippen LogP contribution in [0.15, 0.2) is 18.2 Å². The van der Waals surface area contributed by atoms with Gasteiger partial charge in [-0.1, -0.05) is 11.3 Å². The second-order valence-electron chi connectivity index (χ2n) is 4.09. The number of nitrogens with two attached hydrogens (primary N) is 1. The van der Waals surface area contributed by atoms with Crippen molar-refractivity contribution in [2.75, 3.05) is 6.54 Å². The summed E-state index contributed by atoms with van der Waals surface area (Å²) in [5.74, 6) is -1.30. The molecule has 0 amide bonds. The van der Waals surface area contributed by atoms with E-state index in [-0.39, 0.29) is 5.56 Å². The van der Waals surface area contributed by atoms with Gasteiger partial charge in [-0.3, -0.25) is 0 Å². The SMILES string of the molecule is NCCCc1nnc(-c2ccc(F)c(C(F)(F)F)c2)s1. The molecule has 0 saturated heterocycles. The molecule has 1 aromatic carbocycles. The van der Waals surface area contributed by atoms with E-state index in [9.17, 15) is 17.6 Å². The van der Waals surface area contributed by atoms with Crippen molar-refractivity contribution in [2.24, 2.45) is 5.73 Å². The summed E-state index contributed by atoms with van der Waals surface area (Å²) >= 11 is 1.18. The lowest BCUT2D eigenvalue weighted by Crippen LogP contribution is -2.08. The van der Waals surface area contributed by atoms with E-state index in [0.29, 0.717) is 23.0 Å². The third kappa shape index (κ3) is 3.31. The fourth-order valence-electron chi connectivity index (χ4n) is 1.60. The highest BCUT2D eigenvalue weighted by molar-refractivity contribution is 7.14. The summed E-state index contributed by atoms with van der Waals surface area (Å²) in [4.78, 5) is 0. The van der Waals surface area contributed by atoms with Gasteiger partial charge in [0, 0.05) is 12.0 Å². The Kier molecular flexibility index (Phi) is 4.34. The van der Waals surface area contributed by atoms with Crippen LogP contribution in [0.25, 0.3) is 10.6 Å². The molecule has 3 nitrogen and oxygen atoms in total. The molecule has 2 N–H and O–H groups in total. The van der Waals surface area contributed by atoms with Crippen LogP contribution in [0.1, 0.15) is 17.0 Å². The minimum atomic E-state index is -4.73. The Morgan fingerprint density at radius 1 is 1.20 bits per heavy atom. The van der Waals surface area contributed by atoms with Crippen LogP contribution < -0.4 is 5.73 Å². The minimum Gasteiger partial charge on any atom is -0.330 e. The Bertz CT molecular complexity index is 595. The van der Waals surface area contributed by atoms with Crippen LogP contribution in [0.5, 0.6) is 0 Å². The van der Waals surface area contributed by atoms with E-state index in [4.69, 9.17) is 5.73 Å². The zero-order chi connectivity index (χ0) is 14.8. The standard InChI is InChI=1S/C12H11F4N3S/c13-9-4-3-7(6-8(9)12(14,15)16)11-19-18-10(20-11)2-1-5-17/h3-4,6H,1-2,5,17H2. The third-order valence-corrected chi connectivity index (χ3v) is 3.61. The Labute approximate surface area is 116 Å². The van der Waals surface area contributed by atoms with Gasteiger partial charge in [0.2, 0.25) is 0 Å². The van der Waals surface area contributed by atoms with Crippen LogP contribution in [0, 0.1) is 5.82 Å². The van der Waals surface area contributed by atoms with Crippen LogP contribution >= 0.6 is 11.3 Å². The van der Waals surface area contributed by atoms with Gasteiger partial charge in [0.05, 0.1) is 5.56 Å². The molecule has 1 heterocycles. The molecule has 2 aromatic rings. The summed E-state index contributed by atoms with van der Waals surface area (Å²) < 4.78 is 51.1.